The first kappa shape index (κ1) is 26.6. The summed E-state index contributed by atoms with van der Waals surface area (Å²) in [5.74, 6) is 1.31. The van der Waals surface area contributed by atoms with Gasteiger partial charge < -0.3 is 0 Å². The standard InChI is InChI=1S/C12H11P.2C10H14/c1-3-7-11(8-4-1)13-12-9-5-2-6-10-12;2*1-8(2)10-6-4-9(3)5-7-10/h1-10,13H;2*4-8H,1-3H3. The molecule has 33 heavy (non-hydrogen) atoms. The molecule has 1 heteroatoms. The normalized spacial score (nSPS) is 10.2. The summed E-state index contributed by atoms with van der Waals surface area (Å²) < 4.78 is 0. The second kappa shape index (κ2) is 14.5. The van der Waals surface area contributed by atoms with Crippen molar-refractivity contribution in [2.24, 2.45) is 0 Å². The van der Waals surface area contributed by atoms with Gasteiger partial charge in [-0.25, -0.2) is 0 Å². The van der Waals surface area contributed by atoms with Crippen LogP contribution in [0.25, 0.3) is 0 Å². The maximum atomic E-state index is 2.21. The largest absolute Gasteiger partial charge is 0.0622 e. The van der Waals surface area contributed by atoms with Crippen molar-refractivity contribution in [3.8, 4) is 0 Å². The Morgan fingerprint density at radius 3 is 1.00 bits per heavy atom. The second-order valence-corrected chi connectivity index (χ2v) is 10.4. The average molecular weight is 455 g/mol. The molecule has 0 fully saturated rings. The SMILES string of the molecule is Cc1ccc(C(C)C)cc1.Cc1ccc(C(C)C)cc1.c1ccc(Pc2ccccc2)cc1. The summed E-state index contributed by atoms with van der Waals surface area (Å²) in [6.07, 6.45) is 0. The molecule has 4 aromatic carbocycles. The topological polar surface area (TPSA) is 0 Å². The van der Waals surface area contributed by atoms with Gasteiger partial charge in [0.1, 0.15) is 0 Å². The number of hydrogen-bond acceptors (Lipinski definition) is 0. The molecule has 0 heterocycles. The van der Waals surface area contributed by atoms with Crippen LogP contribution in [0.3, 0.4) is 0 Å². The zero-order valence-corrected chi connectivity index (χ0v) is 22.0. The number of aryl methyl sites for hydroxylation is 2. The maximum absolute atomic E-state index is 2.21. The molecule has 0 radical (unpaired) electrons. The van der Waals surface area contributed by atoms with Crippen LogP contribution in [0.4, 0.5) is 0 Å². The highest BCUT2D eigenvalue weighted by atomic mass is 31.1. The summed E-state index contributed by atoms with van der Waals surface area (Å²) in [6, 6.07) is 38.6. The van der Waals surface area contributed by atoms with Crippen LogP contribution in [-0.2, 0) is 0 Å². The van der Waals surface area contributed by atoms with Crippen molar-refractivity contribution in [2.75, 3.05) is 0 Å². The van der Waals surface area contributed by atoms with Gasteiger partial charge in [-0.05, 0) is 47.4 Å². The molecule has 0 atom stereocenters. The third-order valence-corrected chi connectivity index (χ3v) is 6.57. The van der Waals surface area contributed by atoms with Crippen LogP contribution >= 0.6 is 8.58 Å². The highest BCUT2D eigenvalue weighted by Crippen LogP contribution is 2.14. The van der Waals surface area contributed by atoms with E-state index < -0.39 is 0 Å². The van der Waals surface area contributed by atoms with Crippen molar-refractivity contribution < 1.29 is 0 Å². The fraction of sp³-hybridized carbons (Fsp3) is 0.250. The van der Waals surface area contributed by atoms with Crippen LogP contribution in [0.15, 0.2) is 109 Å². The first-order valence-electron chi connectivity index (χ1n) is 11.9. The highest BCUT2D eigenvalue weighted by Gasteiger charge is 1.96. The molecule has 4 aromatic rings. The summed E-state index contributed by atoms with van der Waals surface area (Å²) in [5, 5.41) is 2.79. The van der Waals surface area contributed by atoms with Crippen LogP contribution < -0.4 is 10.6 Å². The lowest BCUT2D eigenvalue weighted by atomic mass is 10.0. The van der Waals surface area contributed by atoms with Crippen LogP contribution in [0.1, 0.15) is 61.8 Å². The molecule has 0 bridgehead atoms. The second-order valence-electron chi connectivity index (χ2n) is 8.99. The summed E-state index contributed by atoms with van der Waals surface area (Å²) in [4.78, 5) is 0. The lowest BCUT2D eigenvalue weighted by molar-refractivity contribution is 0.866. The Bertz CT molecular complexity index is 928. The van der Waals surface area contributed by atoms with E-state index in [9.17, 15) is 0 Å². The summed E-state index contributed by atoms with van der Waals surface area (Å²) in [5.41, 5.74) is 5.52. The van der Waals surface area contributed by atoms with Crippen LogP contribution in [0.5, 0.6) is 0 Å². The predicted molar refractivity (Wildman–Crippen MR) is 151 cm³/mol. The third-order valence-electron chi connectivity index (χ3n) is 5.32. The molecule has 0 aliphatic carbocycles. The van der Waals surface area contributed by atoms with Crippen molar-refractivity contribution in [3.63, 3.8) is 0 Å². The first-order valence-corrected chi connectivity index (χ1v) is 12.9. The molecule has 0 saturated heterocycles. The monoisotopic (exact) mass is 454 g/mol. The van der Waals surface area contributed by atoms with E-state index in [1.165, 1.54) is 32.9 Å². The van der Waals surface area contributed by atoms with Crippen LogP contribution in [-0.4, -0.2) is 0 Å². The van der Waals surface area contributed by atoms with E-state index in [1.807, 2.05) is 0 Å². The quantitative estimate of drug-likeness (QED) is 0.271. The van der Waals surface area contributed by atoms with Crippen LogP contribution in [0.2, 0.25) is 0 Å². The molecule has 0 aliphatic rings. The smallest absolute Gasteiger partial charge is 0.0219 e. The van der Waals surface area contributed by atoms with Gasteiger partial charge in [0.05, 0.1) is 0 Å². The lowest BCUT2D eigenvalue weighted by Gasteiger charge is -2.03. The molecule has 0 N–H and O–H groups in total. The van der Waals surface area contributed by atoms with Crippen molar-refractivity contribution >= 4 is 19.2 Å². The predicted octanol–water partition coefficient (Wildman–Crippen LogP) is 8.55. The molecule has 172 valence electrons. The van der Waals surface area contributed by atoms with Crippen molar-refractivity contribution in [3.05, 3.63) is 131 Å². The molecule has 0 aliphatic heterocycles. The van der Waals surface area contributed by atoms with Gasteiger partial charge in [-0.3, -0.25) is 0 Å². The van der Waals surface area contributed by atoms with Crippen molar-refractivity contribution in [1.29, 1.82) is 0 Å². The minimum atomic E-state index is 0.653. The average Bonchev–Trinajstić information content (AvgIpc) is 2.82. The molecule has 0 nitrogen and oxygen atoms in total. The minimum Gasteiger partial charge on any atom is -0.0622 e. The number of rotatable bonds is 4. The Labute approximate surface area is 203 Å². The first-order chi connectivity index (χ1) is 15.8. The van der Waals surface area contributed by atoms with E-state index in [1.54, 1.807) is 0 Å². The third kappa shape index (κ3) is 10.6. The van der Waals surface area contributed by atoms with E-state index in [0.717, 1.165) is 8.58 Å². The molecule has 0 amide bonds. The highest BCUT2D eigenvalue weighted by molar-refractivity contribution is 7.55. The van der Waals surface area contributed by atoms with Crippen LogP contribution in [0, 0.1) is 13.8 Å². The zero-order chi connectivity index (χ0) is 24.1. The van der Waals surface area contributed by atoms with Gasteiger partial charge in [-0.1, -0.05) is 157 Å². The van der Waals surface area contributed by atoms with Gasteiger partial charge in [0.2, 0.25) is 0 Å². The van der Waals surface area contributed by atoms with Gasteiger partial charge >= 0.3 is 0 Å². The van der Waals surface area contributed by atoms with E-state index in [2.05, 4.69) is 151 Å². The molecule has 4 rings (SSSR count). The summed E-state index contributed by atoms with van der Waals surface area (Å²) >= 11 is 0. The Hall–Kier alpha value is -2.69. The van der Waals surface area contributed by atoms with Gasteiger partial charge in [0.25, 0.3) is 0 Å². The van der Waals surface area contributed by atoms with E-state index >= 15 is 0 Å². The van der Waals surface area contributed by atoms with Gasteiger partial charge in [-0.15, -0.1) is 0 Å². The van der Waals surface area contributed by atoms with Gasteiger partial charge in [0, 0.05) is 0 Å². The van der Waals surface area contributed by atoms with Gasteiger partial charge in [-0.2, -0.15) is 0 Å². The van der Waals surface area contributed by atoms with E-state index in [0.29, 0.717) is 11.8 Å². The molecule has 0 aromatic heterocycles. The summed E-state index contributed by atoms with van der Waals surface area (Å²) in [6.45, 7) is 13.1. The fourth-order valence-corrected chi connectivity index (χ4v) is 4.16. The summed E-state index contributed by atoms with van der Waals surface area (Å²) in [7, 11) is 0.777. The number of hydrogen-bond donors (Lipinski definition) is 0. The lowest BCUT2D eigenvalue weighted by Crippen LogP contribution is -2.01. The Morgan fingerprint density at radius 2 is 0.727 bits per heavy atom. The molecular formula is C32H39P. The fourth-order valence-electron chi connectivity index (χ4n) is 3.11. The van der Waals surface area contributed by atoms with E-state index in [-0.39, 0.29) is 0 Å². The molecule has 0 spiro atoms. The maximum Gasteiger partial charge on any atom is -0.0219 e. The Morgan fingerprint density at radius 1 is 0.424 bits per heavy atom. The minimum absolute atomic E-state index is 0.653. The zero-order valence-electron chi connectivity index (χ0n) is 21.0. The van der Waals surface area contributed by atoms with Crippen molar-refractivity contribution in [2.45, 2.75) is 53.4 Å². The Kier molecular flexibility index (Phi) is 11.6. The number of benzene rings is 4. The van der Waals surface area contributed by atoms with Gasteiger partial charge in [0.15, 0.2) is 0 Å². The Balaban J connectivity index is 0.000000178. The molecule has 0 unspecified atom stereocenters. The molecular weight excluding hydrogens is 415 g/mol. The van der Waals surface area contributed by atoms with E-state index in [4.69, 9.17) is 0 Å². The molecule has 0 saturated carbocycles. The van der Waals surface area contributed by atoms with Crippen molar-refractivity contribution in [1.82, 2.24) is 0 Å².